The minimum Gasteiger partial charge on any atom is -0.354 e. The van der Waals surface area contributed by atoms with Crippen LogP contribution in [0.5, 0.6) is 0 Å². The normalized spacial score (nSPS) is 12.0. The van der Waals surface area contributed by atoms with Crippen LogP contribution >= 0.6 is 23.2 Å². The molecule has 0 fully saturated rings. The number of hydrogen-bond acceptors (Lipinski definition) is 4. The SMILES string of the molecule is CCCCNC(=O)[C@@H](CC)N(Cc1cccc(C)c1)C(=O)CN(c1ccc(Cl)c(Cl)c1)S(=O)(=O)c1ccc(C)cc1. The monoisotopic (exact) mass is 617 g/mol. The van der Waals surface area contributed by atoms with Crippen LogP contribution in [0.4, 0.5) is 5.69 Å². The van der Waals surface area contributed by atoms with Crippen LogP contribution in [0, 0.1) is 13.8 Å². The van der Waals surface area contributed by atoms with E-state index in [4.69, 9.17) is 23.2 Å². The van der Waals surface area contributed by atoms with Crippen molar-refractivity contribution in [2.75, 3.05) is 17.4 Å². The summed E-state index contributed by atoms with van der Waals surface area (Å²) in [7, 11) is -4.20. The first kappa shape index (κ1) is 32.4. The standard InChI is InChI=1S/C31H37Cl2N3O4S/c1-5-7-17-34-31(38)29(6-2)35(20-24-10-8-9-23(4)18-24)30(37)21-36(25-13-16-27(32)28(33)19-25)41(39,40)26-14-11-22(3)12-15-26/h8-16,18-19,29H,5-7,17,20-21H2,1-4H3,(H,34,38)/t29-/m1/s1. The highest BCUT2D eigenvalue weighted by atomic mass is 35.5. The molecule has 0 aliphatic carbocycles. The Bertz CT molecular complexity index is 1460. The molecule has 0 spiro atoms. The lowest BCUT2D eigenvalue weighted by atomic mass is 10.1. The lowest BCUT2D eigenvalue weighted by Gasteiger charge is -2.33. The fourth-order valence-corrected chi connectivity index (χ4v) is 6.14. The molecule has 41 heavy (non-hydrogen) atoms. The van der Waals surface area contributed by atoms with Gasteiger partial charge in [-0.1, -0.05) is 91.0 Å². The van der Waals surface area contributed by atoms with Crippen molar-refractivity contribution in [3.05, 3.63) is 93.5 Å². The molecule has 220 valence electrons. The summed E-state index contributed by atoms with van der Waals surface area (Å²) >= 11 is 12.4. The van der Waals surface area contributed by atoms with Crippen molar-refractivity contribution >= 4 is 50.7 Å². The van der Waals surface area contributed by atoms with Gasteiger partial charge in [0.1, 0.15) is 12.6 Å². The van der Waals surface area contributed by atoms with Gasteiger partial charge in [-0.15, -0.1) is 0 Å². The zero-order valence-corrected chi connectivity index (χ0v) is 26.2. The van der Waals surface area contributed by atoms with Crippen LogP contribution in [0.1, 0.15) is 49.8 Å². The van der Waals surface area contributed by atoms with Crippen LogP contribution in [0.15, 0.2) is 71.6 Å². The summed E-state index contributed by atoms with van der Waals surface area (Å²) < 4.78 is 28.9. The summed E-state index contributed by atoms with van der Waals surface area (Å²) in [5.74, 6) is -0.796. The van der Waals surface area contributed by atoms with Crippen LogP contribution in [0.3, 0.4) is 0 Å². The van der Waals surface area contributed by atoms with Gasteiger partial charge in [0.25, 0.3) is 10.0 Å². The quantitative estimate of drug-likeness (QED) is 0.221. The number of sulfonamides is 1. The molecule has 0 bridgehead atoms. The number of aryl methyl sites for hydroxylation is 2. The molecule has 0 aliphatic rings. The Balaban J connectivity index is 2.06. The predicted octanol–water partition coefficient (Wildman–Crippen LogP) is 6.53. The summed E-state index contributed by atoms with van der Waals surface area (Å²) in [5, 5.41) is 3.34. The van der Waals surface area contributed by atoms with Crippen molar-refractivity contribution < 1.29 is 18.0 Å². The number of nitrogens with one attached hydrogen (secondary N) is 1. The molecule has 3 aromatic carbocycles. The van der Waals surface area contributed by atoms with E-state index in [1.165, 1.54) is 35.2 Å². The Kier molecular flexibility index (Phi) is 11.6. The van der Waals surface area contributed by atoms with Crippen molar-refractivity contribution in [1.29, 1.82) is 0 Å². The number of benzene rings is 3. The molecule has 3 rings (SSSR count). The number of amides is 2. The molecule has 2 amide bonds. The number of anilines is 1. The maximum absolute atomic E-state index is 14.1. The molecule has 0 saturated heterocycles. The van der Waals surface area contributed by atoms with Gasteiger partial charge in [0, 0.05) is 13.1 Å². The van der Waals surface area contributed by atoms with E-state index in [1.54, 1.807) is 12.1 Å². The van der Waals surface area contributed by atoms with Gasteiger partial charge in [-0.3, -0.25) is 13.9 Å². The minimum absolute atomic E-state index is 0.0246. The van der Waals surface area contributed by atoms with Gasteiger partial charge >= 0.3 is 0 Å². The number of unbranched alkanes of at least 4 members (excludes halogenated alkanes) is 1. The highest BCUT2D eigenvalue weighted by Crippen LogP contribution is 2.31. The number of carbonyl (C=O) groups excluding carboxylic acids is 2. The predicted molar refractivity (Wildman–Crippen MR) is 166 cm³/mol. The van der Waals surface area contributed by atoms with Gasteiger partial charge in [0.05, 0.1) is 20.6 Å². The molecule has 0 aromatic heterocycles. The van der Waals surface area contributed by atoms with Crippen molar-refractivity contribution in [2.24, 2.45) is 0 Å². The summed E-state index contributed by atoms with van der Waals surface area (Å²) in [6.45, 7) is 7.76. The number of rotatable bonds is 13. The van der Waals surface area contributed by atoms with Gasteiger partial charge in [-0.05, 0) is 62.6 Å². The molecule has 0 aliphatic heterocycles. The summed E-state index contributed by atoms with van der Waals surface area (Å²) in [6.07, 6.45) is 2.08. The first-order valence-electron chi connectivity index (χ1n) is 13.6. The molecule has 7 nitrogen and oxygen atoms in total. The molecule has 10 heteroatoms. The Hall–Kier alpha value is -3.07. The van der Waals surface area contributed by atoms with E-state index in [0.29, 0.717) is 13.0 Å². The van der Waals surface area contributed by atoms with E-state index in [1.807, 2.05) is 52.0 Å². The largest absolute Gasteiger partial charge is 0.354 e. The highest BCUT2D eigenvalue weighted by Gasteiger charge is 2.33. The van der Waals surface area contributed by atoms with Crippen molar-refractivity contribution in [3.8, 4) is 0 Å². The molecule has 1 N–H and O–H groups in total. The summed E-state index contributed by atoms with van der Waals surface area (Å²) in [6, 6.07) is 17.7. The van der Waals surface area contributed by atoms with Crippen LogP contribution in [-0.4, -0.2) is 44.3 Å². The second kappa shape index (κ2) is 14.7. The lowest BCUT2D eigenvalue weighted by molar-refractivity contribution is -0.140. The third-order valence-corrected chi connectivity index (χ3v) is 9.26. The molecule has 0 radical (unpaired) electrons. The zero-order chi connectivity index (χ0) is 30.2. The van der Waals surface area contributed by atoms with E-state index in [0.717, 1.165) is 33.8 Å². The van der Waals surface area contributed by atoms with Gasteiger partial charge in [0.2, 0.25) is 11.8 Å². The zero-order valence-electron chi connectivity index (χ0n) is 23.9. The molecule has 0 saturated carbocycles. The van der Waals surface area contributed by atoms with E-state index >= 15 is 0 Å². The van der Waals surface area contributed by atoms with Crippen LogP contribution < -0.4 is 9.62 Å². The Morgan fingerprint density at radius 3 is 2.22 bits per heavy atom. The number of carbonyl (C=O) groups is 2. The Morgan fingerprint density at radius 1 is 0.902 bits per heavy atom. The maximum atomic E-state index is 14.1. The smallest absolute Gasteiger partial charge is 0.264 e. The van der Waals surface area contributed by atoms with Crippen LogP contribution in [0.25, 0.3) is 0 Å². The number of nitrogens with zero attached hydrogens (tertiary/aromatic N) is 2. The van der Waals surface area contributed by atoms with Crippen LogP contribution in [0.2, 0.25) is 10.0 Å². The second-order valence-corrected chi connectivity index (χ2v) is 12.7. The van der Waals surface area contributed by atoms with Crippen molar-refractivity contribution in [3.63, 3.8) is 0 Å². The first-order valence-corrected chi connectivity index (χ1v) is 15.8. The molecular weight excluding hydrogens is 581 g/mol. The average molecular weight is 619 g/mol. The van der Waals surface area contributed by atoms with E-state index < -0.39 is 28.5 Å². The van der Waals surface area contributed by atoms with Gasteiger partial charge < -0.3 is 10.2 Å². The summed E-state index contributed by atoms with van der Waals surface area (Å²) in [5.41, 5.74) is 2.92. The first-order chi connectivity index (χ1) is 19.5. The third kappa shape index (κ3) is 8.47. The molecular formula is C31H37Cl2N3O4S. The summed E-state index contributed by atoms with van der Waals surface area (Å²) in [4.78, 5) is 28.9. The van der Waals surface area contributed by atoms with Crippen molar-refractivity contribution in [2.45, 2.75) is 64.4 Å². The van der Waals surface area contributed by atoms with Gasteiger partial charge in [-0.2, -0.15) is 0 Å². The molecule has 0 heterocycles. The highest BCUT2D eigenvalue weighted by molar-refractivity contribution is 7.92. The molecule has 1 atom stereocenters. The van der Waals surface area contributed by atoms with Crippen molar-refractivity contribution in [1.82, 2.24) is 10.2 Å². The topological polar surface area (TPSA) is 86.8 Å². The number of hydrogen-bond donors (Lipinski definition) is 1. The van der Waals surface area contributed by atoms with Gasteiger partial charge in [0.15, 0.2) is 0 Å². The maximum Gasteiger partial charge on any atom is 0.264 e. The Morgan fingerprint density at radius 2 is 1.61 bits per heavy atom. The second-order valence-electron chi connectivity index (χ2n) is 10.0. The Labute approximate surface area is 253 Å². The number of halogens is 2. The van der Waals surface area contributed by atoms with Crippen LogP contribution in [-0.2, 0) is 26.2 Å². The van der Waals surface area contributed by atoms with E-state index in [2.05, 4.69) is 5.32 Å². The average Bonchev–Trinajstić information content (AvgIpc) is 2.93. The molecule has 0 unspecified atom stereocenters. The third-order valence-electron chi connectivity index (χ3n) is 6.73. The van der Waals surface area contributed by atoms with E-state index in [9.17, 15) is 18.0 Å². The van der Waals surface area contributed by atoms with E-state index in [-0.39, 0.29) is 33.1 Å². The van der Waals surface area contributed by atoms with Gasteiger partial charge in [-0.25, -0.2) is 8.42 Å². The fourth-order valence-electron chi connectivity index (χ4n) is 4.44. The lowest BCUT2D eigenvalue weighted by Crippen LogP contribution is -2.52. The fraction of sp³-hybridized carbons (Fsp3) is 0.355. The molecule has 3 aromatic rings. The minimum atomic E-state index is -4.20.